The van der Waals surface area contributed by atoms with E-state index in [4.69, 9.17) is 0 Å². The summed E-state index contributed by atoms with van der Waals surface area (Å²) < 4.78 is 27.1. The Hall–Kier alpha value is -2.71. The molecule has 0 aromatic heterocycles. The van der Waals surface area contributed by atoms with Crippen molar-refractivity contribution in [2.45, 2.75) is 30.2 Å². The number of amides is 2. The third-order valence-corrected chi connectivity index (χ3v) is 6.89. The van der Waals surface area contributed by atoms with Gasteiger partial charge in [0, 0.05) is 25.7 Å². The predicted molar refractivity (Wildman–Crippen MR) is 110 cm³/mol. The summed E-state index contributed by atoms with van der Waals surface area (Å²) in [4.78, 5) is 24.3. The van der Waals surface area contributed by atoms with Crippen molar-refractivity contribution in [2.24, 2.45) is 0 Å². The van der Waals surface area contributed by atoms with E-state index >= 15 is 0 Å². The first-order valence-electron chi connectivity index (χ1n) is 9.65. The fraction of sp³-hybridized carbons (Fsp3) is 0.333. The van der Waals surface area contributed by atoms with Gasteiger partial charge >= 0.3 is 11.8 Å². The van der Waals surface area contributed by atoms with Crippen LogP contribution >= 0.6 is 0 Å². The van der Waals surface area contributed by atoms with E-state index in [1.165, 1.54) is 4.31 Å². The van der Waals surface area contributed by atoms with E-state index < -0.39 is 21.8 Å². The molecule has 0 bridgehead atoms. The smallest absolute Gasteiger partial charge is 0.309 e. The zero-order valence-electron chi connectivity index (χ0n) is 16.1. The third-order valence-electron chi connectivity index (χ3n) is 4.92. The number of benzene rings is 2. The highest BCUT2D eigenvalue weighted by molar-refractivity contribution is 7.89. The SMILES string of the molecule is O=C(NCCc1ccccc1)C(=O)NC[C@@H]1CCCN1S(=O)(=O)c1ccccc1. The minimum atomic E-state index is -3.62. The number of carbonyl (C=O) groups is 2. The first-order chi connectivity index (χ1) is 14.0. The van der Waals surface area contributed by atoms with Crippen molar-refractivity contribution in [3.63, 3.8) is 0 Å². The Kier molecular flexibility index (Phi) is 7.00. The molecule has 0 saturated carbocycles. The van der Waals surface area contributed by atoms with Gasteiger partial charge in [0.2, 0.25) is 10.0 Å². The highest BCUT2D eigenvalue weighted by Gasteiger charge is 2.35. The lowest BCUT2D eigenvalue weighted by Gasteiger charge is -2.24. The summed E-state index contributed by atoms with van der Waals surface area (Å²) in [6.45, 7) is 0.867. The number of hydrogen-bond acceptors (Lipinski definition) is 4. The van der Waals surface area contributed by atoms with Crippen molar-refractivity contribution < 1.29 is 18.0 Å². The normalized spacial score (nSPS) is 17.0. The zero-order chi connectivity index (χ0) is 20.7. The minimum Gasteiger partial charge on any atom is -0.348 e. The van der Waals surface area contributed by atoms with Gasteiger partial charge < -0.3 is 10.6 Å². The van der Waals surface area contributed by atoms with Crippen molar-refractivity contribution in [3.8, 4) is 0 Å². The highest BCUT2D eigenvalue weighted by atomic mass is 32.2. The molecule has 1 heterocycles. The lowest BCUT2D eigenvalue weighted by Crippen LogP contribution is -2.47. The first-order valence-corrected chi connectivity index (χ1v) is 11.1. The Morgan fingerprint density at radius 3 is 2.24 bits per heavy atom. The summed E-state index contributed by atoms with van der Waals surface area (Å²) in [7, 11) is -3.62. The van der Waals surface area contributed by atoms with Crippen LogP contribution in [-0.4, -0.2) is 50.2 Å². The van der Waals surface area contributed by atoms with E-state index in [1.54, 1.807) is 30.3 Å². The van der Waals surface area contributed by atoms with Crippen LogP contribution in [-0.2, 0) is 26.0 Å². The van der Waals surface area contributed by atoms with Crippen LogP contribution in [0.4, 0.5) is 0 Å². The van der Waals surface area contributed by atoms with Gasteiger partial charge in [0.25, 0.3) is 0 Å². The van der Waals surface area contributed by atoms with Gasteiger partial charge in [-0.2, -0.15) is 4.31 Å². The van der Waals surface area contributed by atoms with Crippen LogP contribution < -0.4 is 10.6 Å². The standard InChI is InChI=1S/C21H25N3O4S/c25-20(22-14-13-17-8-3-1-4-9-17)21(26)23-16-18-10-7-15-24(18)29(27,28)19-11-5-2-6-12-19/h1-6,8-9,11-12,18H,7,10,13-16H2,(H,22,25)(H,23,26)/t18-/m0/s1. The van der Waals surface area contributed by atoms with Crippen LogP contribution in [0.15, 0.2) is 65.6 Å². The predicted octanol–water partition coefficient (Wildman–Crippen LogP) is 1.31. The van der Waals surface area contributed by atoms with E-state index in [0.717, 1.165) is 12.0 Å². The Bertz CT molecular complexity index is 933. The zero-order valence-corrected chi connectivity index (χ0v) is 16.9. The van der Waals surface area contributed by atoms with Crippen molar-refractivity contribution in [1.82, 2.24) is 14.9 Å². The molecular formula is C21H25N3O4S. The van der Waals surface area contributed by atoms with Crippen LogP contribution in [0.2, 0.25) is 0 Å². The molecule has 1 aliphatic heterocycles. The van der Waals surface area contributed by atoms with Gasteiger partial charge in [0.15, 0.2) is 0 Å². The van der Waals surface area contributed by atoms with Gasteiger partial charge in [-0.15, -0.1) is 0 Å². The first kappa shape index (κ1) is 21.0. The van der Waals surface area contributed by atoms with Gasteiger partial charge in [-0.25, -0.2) is 8.42 Å². The molecule has 3 rings (SSSR count). The minimum absolute atomic E-state index is 0.108. The van der Waals surface area contributed by atoms with Crippen LogP contribution in [0.3, 0.4) is 0 Å². The van der Waals surface area contributed by atoms with Crippen molar-refractivity contribution in [1.29, 1.82) is 0 Å². The van der Waals surface area contributed by atoms with E-state index in [2.05, 4.69) is 10.6 Å². The lowest BCUT2D eigenvalue weighted by molar-refractivity contribution is -0.139. The molecule has 8 heteroatoms. The number of sulfonamides is 1. The van der Waals surface area contributed by atoms with Gasteiger partial charge in [-0.05, 0) is 37.0 Å². The Labute approximate surface area is 171 Å². The van der Waals surface area contributed by atoms with E-state index in [9.17, 15) is 18.0 Å². The van der Waals surface area contributed by atoms with Gasteiger partial charge in [0.1, 0.15) is 0 Å². The fourth-order valence-corrected chi connectivity index (χ4v) is 5.11. The molecule has 1 aliphatic rings. The Morgan fingerprint density at radius 1 is 0.931 bits per heavy atom. The maximum Gasteiger partial charge on any atom is 0.309 e. The van der Waals surface area contributed by atoms with Crippen LogP contribution in [0.1, 0.15) is 18.4 Å². The van der Waals surface area contributed by atoms with E-state index in [0.29, 0.717) is 25.9 Å². The molecule has 0 aliphatic carbocycles. The van der Waals surface area contributed by atoms with E-state index in [-0.39, 0.29) is 17.5 Å². The monoisotopic (exact) mass is 415 g/mol. The second-order valence-corrected chi connectivity index (χ2v) is 8.82. The number of nitrogens with one attached hydrogen (secondary N) is 2. The molecule has 0 unspecified atom stereocenters. The quantitative estimate of drug-likeness (QED) is 0.667. The average Bonchev–Trinajstić information content (AvgIpc) is 3.23. The summed E-state index contributed by atoms with van der Waals surface area (Å²) >= 11 is 0. The largest absolute Gasteiger partial charge is 0.348 e. The molecular weight excluding hydrogens is 390 g/mol. The second kappa shape index (κ2) is 9.67. The third kappa shape index (κ3) is 5.42. The summed E-state index contributed by atoms with van der Waals surface area (Å²) in [6.07, 6.45) is 1.99. The molecule has 2 amide bonds. The second-order valence-electron chi connectivity index (χ2n) is 6.93. The van der Waals surface area contributed by atoms with Crippen molar-refractivity contribution >= 4 is 21.8 Å². The van der Waals surface area contributed by atoms with Crippen LogP contribution in [0, 0.1) is 0 Å². The lowest BCUT2D eigenvalue weighted by atomic mass is 10.1. The van der Waals surface area contributed by atoms with Gasteiger partial charge in [-0.1, -0.05) is 48.5 Å². The van der Waals surface area contributed by atoms with Gasteiger partial charge in [0.05, 0.1) is 4.90 Å². The van der Waals surface area contributed by atoms with Crippen LogP contribution in [0.5, 0.6) is 0 Å². The topological polar surface area (TPSA) is 95.6 Å². The molecule has 29 heavy (non-hydrogen) atoms. The maximum absolute atomic E-state index is 12.8. The number of nitrogens with zero attached hydrogens (tertiary/aromatic N) is 1. The summed E-state index contributed by atoms with van der Waals surface area (Å²) in [5.41, 5.74) is 1.07. The average molecular weight is 416 g/mol. The van der Waals surface area contributed by atoms with Gasteiger partial charge in [-0.3, -0.25) is 9.59 Å². The molecule has 0 radical (unpaired) electrons. The molecule has 2 aromatic rings. The molecule has 2 aromatic carbocycles. The summed E-state index contributed by atoms with van der Waals surface area (Å²) in [6, 6.07) is 17.5. The number of hydrogen-bond donors (Lipinski definition) is 2. The maximum atomic E-state index is 12.8. The van der Waals surface area contributed by atoms with Crippen molar-refractivity contribution in [3.05, 3.63) is 66.2 Å². The van der Waals surface area contributed by atoms with Crippen LogP contribution in [0.25, 0.3) is 0 Å². The molecule has 0 spiro atoms. The Balaban J connectivity index is 1.49. The molecule has 7 nitrogen and oxygen atoms in total. The number of rotatable bonds is 7. The van der Waals surface area contributed by atoms with Crippen molar-refractivity contribution in [2.75, 3.05) is 19.6 Å². The fourth-order valence-electron chi connectivity index (χ4n) is 3.39. The highest BCUT2D eigenvalue weighted by Crippen LogP contribution is 2.25. The molecule has 1 fully saturated rings. The molecule has 1 atom stereocenters. The molecule has 2 N–H and O–H groups in total. The van der Waals surface area contributed by atoms with E-state index in [1.807, 2.05) is 30.3 Å². The molecule has 154 valence electrons. The summed E-state index contributed by atoms with van der Waals surface area (Å²) in [5, 5.41) is 5.16. The Morgan fingerprint density at radius 2 is 1.55 bits per heavy atom. The summed E-state index contributed by atoms with van der Waals surface area (Å²) in [5.74, 6) is -1.46. The molecule has 1 saturated heterocycles. The number of carbonyl (C=O) groups excluding carboxylic acids is 2.